The maximum atomic E-state index is 11.7. The van der Waals surface area contributed by atoms with Gasteiger partial charge in [0.25, 0.3) is 0 Å². The summed E-state index contributed by atoms with van der Waals surface area (Å²) in [6.07, 6.45) is 5.49. The van der Waals surface area contributed by atoms with Crippen LogP contribution in [0.1, 0.15) is 29.3 Å². The summed E-state index contributed by atoms with van der Waals surface area (Å²) in [6, 6.07) is 9.75. The van der Waals surface area contributed by atoms with Gasteiger partial charge in [0, 0.05) is 12.4 Å². The van der Waals surface area contributed by atoms with Gasteiger partial charge in [0.1, 0.15) is 0 Å². The second-order valence-electron chi connectivity index (χ2n) is 4.40. The van der Waals surface area contributed by atoms with Gasteiger partial charge in [-0.05, 0) is 47.4 Å². The van der Waals surface area contributed by atoms with Crippen LogP contribution >= 0.6 is 0 Å². The minimum atomic E-state index is -0.298. The van der Waals surface area contributed by atoms with Crippen LogP contribution in [0, 0.1) is 0 Å². The standard InChI is InChI=1S/C16H17NO2/c1-3-4-12-9-14(13-5-7-17-8-6-13)11-15(10-12)16(18)19-2/h5-11H,3-4H2,1-2H3. The van der Waals surface area contributed by atoms with E-state index >= 15 is 0 Å². The molecule has 0 radical (unpaired) electrons. The van der Waals surface area contributed by atoms with E-state index in [0.717, 1.165) is 29.5 Å². The molecule has 98 valence electrons. The molecule has 19 heavy (non-hydrogen) atoms. The third-order valence-corrected chi connectivity index (χ3v) is 2.97. The monoisotopic (exact) mass is 255 g/mol. The number of carbonyl (C=O) groups excluding carboxylic acids is 1. The molecule has 0 saturated heterocycles. The summed E-state index contributed by atoms with van der Waals surface area (Å²) in [5, 5.41) is 0. The first kappa shape index (κ1) is 13.3. The largest absolute Gasteiger partial charge is 0.465 e. The van der Waals surface area contributed by atoms with Crippen LogP contribution in [0.25, 0.3) is 11.1 Å². The summed E-state index contributed by atoms with van der Waals surface area (Å²) in [4.78, 5) is 15.7. The Labute approximate surface area is 113 Å². The minimum Gasteiger partial charge on any atom is -0.465 e. The van der Waals surface area contributed by atoms with Crippen molar-refractivity contribution in [3.63, 3.8) is 0 Å². The maximum Gasteiger partial charge on any atom is 0.337 e. The lowest BCUT2D eigenvalue weighted by molar-refractivity contribution is 0.0600. The van der Waals surface area contributed by atoms with E-state index < -0.39 is 0 Å². The number of aryl methyl sites for hydroxylation is 1. The highest BCUT2D eigenvalue weighted by molar-refractivity contribution is 5.91. The van der Waals surface area contributed by atoms with Crippen molar-refractivity contribution < 1.29 is 9.53 Å². The number of pyridine rings is 1. The lowest BCUT2D eigenvalue weighted by Gasteiger charge is -2.08. The molecule has 1 aromatic heterocycles. The number of methoxy groups -OCH3 is 1. The van der Waals surface area contributed by atoms with Crippen molar-refractivity contribution in [3.8, 4) is 11.1 Å². The lowest BCUT2D eigenvalue weighted by atomic mass is 9.98. The lowest BCUT2D eigenvalue weighted by Crippen LogP contribution is -2.02. The second-order valence-corrected chi connectivity index (χ2v) is 4.40. The summed E-state index contributed by atoms with van der Waals surface area (Å²) >= 11 is 0. The van der Waals surface area contributed by atoms with Gasteiger partial charge in [0.2, 0.25) is 0 Å². The number of ether oxygens (including phenoxy) is 1. The van der Waals surface area contributed by atoms with Crippen molar-refractivity contribution in [2.75, 3.05) is 7.11 Å². The van der Waals surface area contributed by atoms with E-state index in [2.05, 4.69) is 18.0 Å². The van der Waals surface area contributed by atoms with Crippen molar-refractivity contribution in [1.82, 2.24) is 4.98 Å². The molecule has 0 amide bonds. The molecule has 3 nitrogen and oxygen atoms in total. The number of hydrogen-bond donors (Lipinski definition) is 0. The zero-order chi connectivity index (χ0) is 13.7. The fraction of sp³-hybridized carbons (Fsp3) is 0.250. The van der Waals surface area contributed by atoms with E-state index in [-0.39, 0.29) is 5.97 Å². The number of esters is 1. The van der Waals surface area contributed by atoms with E-state index in [1.807, 2.05) is 24.3 Å². The highest BCUT2D eigenvalue weighted by atomic mass is 16.5. The van der Waals surface area contributed by atoms with Gasteiger partial charge >= 0.3 is 5.97 Å². The molecule has 1 heterocycles. The van der Waals surface area contributed by atoms with Crippen LogP contribution in [0.15, 0.2) is 42.7 Å². The molecule has 3 heteroatoms. The fourth-order valence-corrected chi connectivity index (χ4v) is 2.07. The summed E-state index contributed by atoms with van der Waals surface area (Å²) in [7, 11) is 1.40. The third kappa shape index (κ3) is 3.19. The molecule has 1 aromatic carbocycles. The van der Waals surface area contributed by atoms with Crippen LogP contribution in [0.4, 0.5) is 0 Å². The van der Waals surface area contributed by atoms with Crippen molar-refractivity contribution in [3.05, 3.63) is 53.9 Å². The normalized spacial score (nSPS) is 10.2. The molecule has 0 fully saturated rings. The van der Waals surface area contributed by atoms with E-state index in [9.17, 15) is 4.79 Å². The molecule has 2 rings (SSSR count). The van der Waals surface area contributed by atoms with Crippen LogP contribution in [0.5, 0.6) is 0 Å². The molecular formula is C16H17NO2. The first-order valence-corrected chi connectivity index (χ1v) is 6.37. The molecule has 0 spiro atoms. The molecule has 0 atom stereocenters. The van der Waals surface area contributed by atoms with Crippen LogP contribution in [0.3, 0.4) is 0 Å². The Morgan fingerprint density at radius 2 is 1.89 bits per heavy atom. The Hall–Kier alpha value is -2.16. The highest BCUT2D eigenvalue weighted by Crippen LogP contribution is 2.23. The third-order valence-electron chi connectivity index (χ3n) is 2.97. The summed E-state index contributed by atoms with van der Waals surface area (Å²) in [5.74, 6) is -0.298. The van der Waals surface area contributed by atoms with Gasteiger partial charge in [0.05, 0.1) is 12.7 Å². The van der Waals surface area contributed by atoms with Crippen LogP contribution < -0.4 is 0 Å². The highest BCUT2D eigenvalue weighted by Gasteiger charge is 2.09. The molecular weight excluding hydrogens is 238 g/mol. The quantitative estimate of drug-likeness (QED) is 0.785. The molecule has 0 N–H and O–H groups in total. The molecule has 0 unspecified atom stereocenters. The number of carbonyl (C=O) groups is 1. The van der Waals surface area contributed by atoms with Crippen molar-refractivity contribution in [2.24, 2.45) is 0 Å². The van der Waals surface area contributed by atoms with Crippen LogP contribution in [0.2, 0.25) is 0 Å². The van der Waals surface area contributed by atoms with Gasteiger partial charge in [-0.1, -0.05) is 19.4 Å². The van der Waals surface area contributed by atoms with Crippen molar-refractivity contribution in [2.45, 2.75) is 19.8 Å². The summed E-state index contributed by atoms with van der Waals surface area (Å²) in [5.41, 5.74) is 3.82. The molecule has 0 aliphatic heterocycles. The molecule has 2 aromatic rings. The van der Waals surface area contributed by atoms with Gasteiger partial charge in [-0.25, -0.2) is 4.79 Å². The molecule has 0 bridgehead atoms. The molecule has 0 aliphatic carbocycles. The average Bonchev–Trinajstić information content (AvgIpc) is 2.47. The Kier molecular flexibility index (Phi) is 4.29. The van der Waals surface area contributed by atoms with Crippen molar-refractivity contribution >= 4 is 5.97 Å². The SMILES string of the molecule is CCCc1cc(C(=O)OC)cc(-c2ccncc2)c1. The minimum absolute atomic E-state index is 0.298. The number of benzene rings is 1. The topological polar surface area (TPSA) is 39.2 Å². The first-order valence-electron chi connectivity index (χ1n) is 6.37. The number of rotatable bonds is 4. The van der Waals surface area contributed by atoms with E-state index in [4.69, 9.17) is 4.74 Å². The Morgan fingerprint density at radius 1 is 1.16 bits per heavy atom. The smallest absolute Gasteiger partial charge is 0.337 e. The Morgan fingerprint density at radius 3 is 2.53 bits per heavy atom. The first-order chi connectivity index (χ1) is 9.24. The Bertz CT molecular complexity index is 564. The zero-order valence-electron chi connectivity index (χ0n) is 11.2. The van der Waals surface area contributed by atoms with E-state index in [1.165, 1.54) is 7.11 Å². The fourth-order valence-electron chi connectivity index (χ4n) is 2.07. The molecule has 0 saturated carbocycles. The van der Waals surface area contributed by atoms with Gasteiger partial charge in [0.15, 0.2) is 0 Å². The van der Waals surface area contributed by atoms with Gasteiger partial charge in [-0.3, -0.25) is 4.98 Å². The van der Waals surface area contributed by atoms with Crippen molar-refractivity contribution in [1.29, 1.82) is 0 Å². The van der Waals surface area contributed by atoms with E-state index in [1.54, 1.807) is 12.4 Å². The van der Waals surface area contributed by atoms with E-state index in [0.29, 0.717) is 5.56 Å². The maximum absolute atomic E-state index is 11.7. The molecule has 0 aliphatic rings. The van der Waals surface area contributed by atoms with Crippen LogP contribution in [-0.2, 0) is 11.2 Å². The van der Waals surface area contributed by atoms with Gasteiger partial charge in [-0.15, -0.1) is 0 Å². The number of hydrogen-bond acceptors (Lipinski definition) is 3. The van der Waals surface area contributed by atoms with Crippen LogP contribution in [-0.4, -0.2) is 18.1 Å². The van der Waals surface area contributed by atoms with Gasteiger partial charge < -0.3 is 4.74 Å². The number of nitrogens with zero attached hydrogens (tertiary/aromatic N) is 1. The second kappa shape index (κ2) is 6.14. The summed E-state index contributed by atoms with van der Waals surface area (Å²) < 4.78 is 4.81. The summed E-state index contributed by atoms with van der Waals surface area (Å²) in [6.45, 7) is 2.12. The predicted molar refractivity (Wildman–Crippen MR) is 75.0 cm³/mol. The number of aromatic nitrogens is 1. The average molecular weight is 255 g/mol. The van der Waals surface area contributed by atoms with Gasteiger partial charge in [-0.2, -0.15) is 0 Å². The Balaban J connectivity index is 2.48. The predicted octanol–water partition coefficient (Wildman–Crippen LogP) is 3.49. The zero-order valence-corrected chi connectivity index (χ0v) is 11.2.